The zero-order chi connectivity index (χ0) is 19.9. The van der Waals surface area contributed by atoms with E-state index in [9.17, 15) is 4.79 Å². The zero-order valence-corrected chi connectivity index (χ0v) is 16.6. The number of amides is 1. The lowest BCUT2D eigenvalue weighted by Gasteiger charge is -2.29. The summed E-state index contributed by atoms with van der Waals surface area (Å²) in [5, 5.41) is 14.6. The molecule has 0 saturated heterocycles. The Labute approximate surface area is 171 Å². The van der Waals surface area contributed by atoms with Crippen LogP contribution < -0.4 is 10.6 Å². The monoisotopic (exact) mass is 392 g/mol. The Hall–Kier alpha value is -2.70. The molecule has 1 heterocycles. The van der Waals surface area contributed by atoms with Crippen LogP contribution in [0, 0.1) is 0 Å². The number of aromatic amines is 1. The molecule has 1 amide bonds. The van der Waals surface area contributed by atoms with E-state index in [2.05, 4.69) is 33.0 Å². The standard InChI is InChI=1S/C23H28N4O2/c28-23(18-6-11-22-19(14-18)15-25-27-22)26-21-9-7-20(8-10-21)24-12-13-29-16-17-4-2-1-3-5-17/h1-6,11,14-15,20-21,24H,7-10,12-13,16H2,(H,25,27)(H,26,28)/t20-,21-. The molecule has 1 fully saturated rings. The van der Waals surface area contributed by atoms with Crippen LogP contribution in [0.3, 0.4) is 0 Å². The normalized spacial score (nSPS) is 19.3. The third-order valence-electron chi connectivity index (χ3n) is 5.56. The summed E-state index contributed by atoms with van der Waals surface area (Å²) in [4.78, 5) is 12.5. The zero-order valence-electron chi connectivity index (χ0n) is 16.6. The highest BCUT2D eigenvalue weighted by Crippen LogP contribution is 2.20. The minimum atomic E-state index is -0.00109. The summed E-state index contributed by atoms with van der Waals surface area (Å²) in [5.41, 5.74) is 2.84. The van der Waals surface area contributed by atoms with Gasteiger partial charge in [0.2, 0.25) is 0 Å². The molecule has 29 heavy (non-hydrogen) atoms. The third-order valence-corrected chi connectivity index (χ3v) is 5.56. The van der Waals surface area contributed by atoms with Crippen molar-refractivity contribution >= 4 is 16.8 Å². The summed E-state index contributed by atoms with van der Waals surface area (Å²) >= 11 is 0. The van der Waals surface area contributed by atoms with Crippen molar-refractivity contribution in [3.63, 3.8) is 0 Å². The van der Waals surface area contributed by atoms with E-state index in [1.807, 2.05) is 36.4 Å². The molecule has 6 heteroatoms. The van der Waals surface area contributed by atoms with Gasteiger partial charge in [0.25, 0.3) is 5.91 Å². The summed E-state index contributed by atoms with van der Waals surface area (Å²) in [6.07, 6.45) is 5.89. The van der Waals surface area contributed by atoms with Crippen molar-refractivity contribution in [1.82, 2.24) is 20.8 Å². The number of H-pyrrole nitrogens is 1. The van der Waals surface area contributed by atoms with Gasteiger partial charge >= 0.3 is 0 Å². The van der Waals surface area contributed by atoms with E-state index in [0.717, 1.165) is 43.1 Å². The highest BCUT2D eigenvalue weighted by Gasteiger charge is 2.22. The minimum absolute atomic E-state index is 0.00109. The Morgan fingerprint density at radius 2 is 1.86 bits per heavy atom. The Balaban J connectivity index is 1.13. The summed E-state index contributed by atoms with van der Waals surface area (Å²) in [7, 11) is 0. The molecule has 3 aromatic rings. The lowest BCUT2D eigenvalue weighted by Crippen LogP contribution is -2.42. The Kier molecular flexibility index (Phi) is 6.54. The van der Waals surface area contributed by atoms with Gasteiger partial charge < -0.3 is 15.4 Å². The lowest BCUT2D eigenvalue weighted by molar-refractivity contribution is 0.0922. The number of ether oxygens (including phenoxy) is 1. The number of hydrogen-bond acceptors (Lipinski definition) is 4. The topological polar surface area (TPSA) is 79.0 Å². The molecular weight excluding hydrogens is 364 g/mol. The summed E-state index contributed by atoms with van der Waals surface area (Å²) < 4.78 is 5.73. The number of carbonyl (C=O) groups excluding carboxylic acids is 1. The predicted molar refractivity (Wildman–Crippen MR) is 114 cm³/mol. The van der Waals surface area contributed by atoms with E-state index in [-0.39, 0.29) is 11.9 Å². The molecule has 152 valence electrons. The molecule has 2 aromatic carbocycles. The fraction of sp³-hybridized carbons (Fsp3) is 0.391. The van der Waals surface area contributed by atoms with Crippen molar-refractivity contribution in [3.05, 3.63) is 65.9 Å². The number of rotatable bonds is 8. The second-order valence-electron chi connectivity index (χ2n) is 7.69. The quantitative estimate of drug-likeness (QED) is 0.513. The molecule has 0 radical (unpaired) electrons. The van der Waals surface area contributed by atoms with Crippen molar-refractivity contribution in [1.29, 1.82) is 0 Å². The van der Waals surface area contributed by atoms with E-state index in [1.54, 1.807) is 6.20 Å². The molecular formula is C23H28N4O2. The van der Waals surface area contributed by atoms with Gasteiger partial charge in [-0.15, -0.1) is 0 Å². The molecule has 0 atom stereocenters. The first-order valence-electron chi connectivity index (χ1n) is 10.4. The van der Waals surface area contributed by atoms with Crippen molar-refractivity contribution in [2.45, 2.75) is 44.4 Å². The second kappa shape index (κ2) is 9.67. The van der Waals surface area contributed by atoms with Gasteiger partial charge in [0.05, 0.1) is 24.9 Å². The van der Waals surface area contributed by atoms with Gasteiger partial charge in [-0.25, -0.2) is 0 Å². The molecule has 3 N–H and O–H groups in total. The Morgan fingerprint density at radius 1 is 1.07 bits per heavy atom. The minimum Gasteiger partial charge on any atom is -0.375 e. The SMILES string of the molecule is O=C(N[C@H]1CC[C@H](NCCOCc2ccccc2)CC1)c1ccc2[nH]ncc2c1. The van der Waals surface area contributed by atoms with E-state index < -0.39 is 0 Å². The molecule has 0 spiro atoms. The number of aromatic nitrogens is 2. The summed E-state index contributed by atoms with van der Waals surface area (Å²) in [5.74, 6) is -0.00109. The molecule has 1 aliphatic rings. The average molecular weight is 393 g/mol. The summed E-state index contributed by atoms with van der Waals surface area (Å²) in [6, 6.07) is 16.6. The van der Waals surface area contributed by atoms with E-state index >= 15 is 0 Å². The maximum absolute atomic E-state index is 12.5. The molecule has 6 nitrogen and oxygen atoms in total. The number of fused-ring (bicyclic) bond motifs is 1. The molecule has 1 aromatic heterocycles. The largest absolute Gasteiger partial charge is 0.375 e. The van der Waals surface area contributed by atoms with Gasteiger partial charge in [0.1, 0.15) is 0 Å². The second-order valence-corrected chi connectivity index (χ2v) is 7.69. The van der Waals surface area contributed by atoms with Crippen LogP contribution >= 0.6 is 0 Å². The van der Waals surface area contributed by atoms with Crippen molar-refractivity contribution in [2.24, 2.45) is 0 Å². The number of hydrogen-bond donors (Lipinski definition) is 3. The molecule has 0 bridgehead atoms. The average Bonchev–Trinajstić information content (AvgIpc) is 3.23. The van der Waals surface area contributed by atoms with Crippen LogP contribution in [0.15, 0.2) is 54.7 Å². The third kappa shape index (κ3) is 5.43. The lowest BCUT2D eigenvalue weighted by atomic mass is 9.91. The molecule has 1 saturated carbocycles. The number of nitrogens with zero attached hydrogens (tertiary/aromatic N) is 1. The maximum atomic E-state index is 12.5. The van der Waals surface area contributed by atoms with Crippen molar-refractivity contribution < 1.29 is 9.53 Å². The van der Waals surface area contributed by atoms with E-state index in [0.29, 0.717) is 24.8 Å². The maximum Gasteiger partial charge on any atom is 0.251 e. The van der Waals surface area contributed by atoms with Crippen LogP contribution in [0.25, 0.3) is 10.9 Å². The van der Waals surface area contributed by atoms with E-state index in [4.69, 9.17) is 4.74 Å². The van der Waals surface area contributed by atoms with Gasteiger partial charge in [-0.2, -0.15) is 5.10 Å². The van der Waals surface area contributed by atoms with Crippen LogP contribution in [0.1, 0.15) is 41.6 Å². The van der Waals surface area contributed by atoms with Crippen molar-refractivity contribution in [3.8, 4) is 0 Å². The predicted octanol–water partition coefficient (Wildman–Crippen LogP) is 3.41. The smallest absolute Gasteiger partial charge is 0.251 e. The van der Waals surface area contributed by atoms with Crippen LogP contribution in [0.5, 0.6) is 0 Å². The first-order valence-corrected chi connectivity index (χ1v) is 10.4. The first kappa shape index (κ1) is 19.6. The Morgan fingerprint density at radius 3 is 2.69 bits per heavy atom. The summed E-state index contributed by atoms with van der Waals surface area (Å²) in [6.45, 7) is 2.23. The van der Waals surface area contributed by atoms with E-state index in [1.165, 1.54) is 5.56 Å². The first-order chi connectivity index (χ1) is 14.3. The van der Waals surface area contributed by atoms with Crippen LogP contribution in [-0.2, 0) is 11.3 Å². The molecule has 1 aliphatic carbocycles. The van der Waals surface area contributed by atoms with Crippen LogP contribution in [0.2, 0.25) is 0 Å². The Bertz CT molecular complexity index is 917. The van der Waals surface area contributed by atoms with Crippen LogP contribution in [0.4, 0.5) is 0 Å². The fourth-order valence-corrected chi connectivity index (χ4v) is 3.89. The van der Waals surface area contributed by atoms with Gasteiger partial charge in [-0.1, -0.05) is 30.3 Å². The molecule has 0 unspecified atom stereocenters. The molecule has 4 rings (SSSR count). The van der Waals surface area contributed by atoms with Gasteiger partial charge in [-0.05, 0) is 49.4 Å². The van der Waals surface area contributed by atoms with Crippen molar-refractivity contribution in [2.75, 3.05) is 13.2 Å². The van der Waals surface area contributed by atoms with Crippen LogP contribution in [-0.4, -0.2) is 41.3 Å². The van der Waals surface area contributed by atoms with Gasteiger partial charge in [-0.3, -0.25) is 9.89 Å². The van der Waals surface area contributed by atoms with Gasteiger partial charge in [0, 0.05) is 29.6 Å². The fourth-order valence-electron chi connectivity index (χ4n) is 3.89. The van der Waals surface area contributed by atoms with Gasteiger partial charge in [0.15, 0.2) is 0 Å². The number of benzene rings is 2. The number of carbonyl (C=O) groups is 1. The molecule has 0 aliphatic heterocycles. The number of nitrogens with one attached hydrogen (secondary N) is 3. The highest BCUT2D eigenvalue weighted by atomic mass is 16.5. The highest BCUT2D eigenvalue weighted by molar-refractivity contribution is 5.98.